The van der Waals surface area contributed by atoms with E-state index >= 15 is 0 Å². The van der Waals surface area contributed by atoms with Gasteiger partial charge in [0, 0.05) is 0 Å². The molecule has 0 aliphatic carbocycles. The summed E-state index contributed by atoms with van der Waals surface area (Å²) in [6.07, 6.45) is 1.50. The molecule has 0 radical (unpaired) electrons. The van der Waals surface area contributed by atoms with Gasteiger partial charge in [0.2, 0.25) is 12.2 Å². The van der Waals surface area contributed by atoms with Gasteiger partial charge in [0.05, 0.1) is 0 Å². The average Bonchev–Trinajstić information content (AvgIpc) is 1.65. The van der Waals surface area contributed by atoms with Gasteiger partial charge in [0.25, 0.3) is 0 Å². The predicted molar refractivity (Wildman–Crippen MR) is 23.9 cm³/mol. The van der Waals surface area contributed by atoms with Crippen molar-refractivity contribution in [2.45, 2.75) is 6.68 Å². The van der Waals surface area contributed by atoms with Crippen molar-refractivity contribution in [3.63, 3.8) is 0 Å². The third kappa shape index (κ3) is 96.0. The molecule has 0 fully saturated rings. The van der Waals surface area contributed by atoms with Gasteiger partial charge in [0.15, 0.2) is 0 Å². The highest BCUT2D eigenvalue weighted by Gasteiger charge is 1.86. The highest BCUT2D eigenvalue weighted by molar-refractivity contribution is 5.26. The van der Waals surface area contributed by atoms with E-state index in [2.05, 4.69) is 0 Å². The molecule has 0 heterocycles. The van der Waals surface area contributed by atoms with E-state index in [-0.39, 0.29) is 0 Å². The quantitative estimate of drug-likeness (QED) is 0.404. The second kappa shape index (κ2) is 25.7. The Morgan fingerprint density at radius 2 is 1.00 bits per heavy atom. The highest BCUT2D eigenvalue weighted by atomic mass is 19.4. The number of nitrogens with one attached hydrogen (secondary N) is 2. The molecule has 2 N–H and O–H groups in total. The number of carbonyl (C=O) groups excluding carboxylic acids is 2. The van der Waals surface area contributed by atoms with Crippen LogP contribution in [0, 0.1) is 10.8 Å². The third-order valence-electron chi connectivity index (χ3n) is 0. The van der Waals surface area contributed by atoms with Crippen LogP contribution in [0.4, 0.5) is 13.2 Å². The fraction of sp³-hybridized carbons (Fsp3) is 0.333. The lowest BCUT2D eigenvalue weighted by molar-refractivity contribution is 0.00819. The molecule has 0 saturated carbocycles. The first-order chi connectivity index (χ1) is 4.56. The first-order valence-electron chi connectivity index (χ1n) is 1.56. The zero-order chi connectivity index (χ0) is 8.99. The molecule has 58 valence electrons. The Morgan fingerprint density at radius 1 is 1.00 bits per heavy atom. The Morgan fingerprint density at radius 3 is 1.00 bits per heavy atom. The normalized spacial score (nSPS) is 5.20. The molecular weight excluding hydrogens is 153 g/mol. The Bertz CT molecular complexity index is 100. The number of hydrogen-bond acceptors (Lipinski definition) is 4. The topological polar surface area (TPSA) is 81.8 Å². The molecule has 0 aliphatic rings. The van der Waals surface area contributed by atoms with Gasteiger partial charge in [-0.1, -0.05) is 0 Å². The summed E-state index contributed by atoms with van der Waals surface area (Å²) >= 11 is 0. The third-order valence-corrected chi connectivity index (χ3v) is 0. The van der Waals surface area contributed by atoms with Crippen LogP contribution in [0.3, 0.4) is 0 Å². The smallest absolute Gasteiger partial charge is 0.222 e. The Kier molecular flexibility index (Phi) is 40.7. The van der Waals surface area contributed by atoms with Crippen LogP contribution >= 0.6 is 0 Å². The SMILES string of the molecule is FC(F)F.N=C=O.N=C=O. The largest absolute Gasteiger partial charge is 0.379 e. The first kappa shape index (κ1) is 15.8. The Labute approximate surface area is 53.7 Å². The molecule has 0 unspecified atom stereocenters. The van der Waals surface area contributed by atoms with Crippen LogP contribution < -0.4 is 0 Å². The number of isocyanates is 2. The maximum absolute atomic E-state index is 9.67. The van der Waals surface area contributed by atoms with Gasteiger partial charge in [-0.25, -0.2) is 20.4 Å². The summed E-state index contributed by atoms with van der Waals surface area (Å²) in [4.78, 5) is 16.7. The molecule has 10 heavy (non-hydrogen) atoms. The van der Waals surface area contributed by atoms with Crippen molar-refractivity contribution in [3.8, 4) is 0 Å². The van der Waals surface area contributed by atoms with Crippen molar-refractivity contribution < 1.29 is 22.8 Å². The van der Waals surface area contributed by atoms with Crippen LogP contribution in [-0.4, -0.2) is 18.8 Å². The summed E-state index contributed by atoms with van der Waals surface area (Å²) in [6, 6.07) is 0. The van der Waals surface area contributed by atoms with Crippen molar-refractivity contribution in [2.75, 3.05) is 0 Å². The molecule has 0 bridgehead atoms. The summed E-state index contributed by atoms with van der Waals surface area (Å²) in [6.45, 7) is -3.67. The van der Waals surface area contributed by atoms with Crippen LogP contribution in [-0.2, 0) is 9.59 Å². The summed E-state index contributed by atoms with van der Waals surface area (Å²) < 4.78 is 29.0. The number of rotatable bonds is 0. The minimum Gasteiger partial charge on any atom is -0.222 e. The standard InChI is InChI=1S/CHF3.2CHNO/c2-1(3)4;2*2-1-3/h1H;2*2H. The predicted octanol–water partition coefficient (Wildman–Crippen LogP) is 0.980. The number of alkyl halides is 3. The summed E-state index contributed by atoms with van der Waals surface area (Å²) in [5.41, 5.74) is 0. The molecule has 0 spiro atoms. The monoisotopic (exact) mass is 156 g/mol. The number of hydrogen-bond donors (Lipinski definition) is 2. The molecule has 0 aromatic heterocycles. The second-order valence-electron chi connectivity index (χ2n) is 0.452. The fourth-order valence-corrected chi connectivity index (χ4v) is 0. The van der Waals surface area contributed by atoms with Crippen LogP contribution in [0.5, 0.6) is 0 Å². The zero-order valence-electron chi connectivity index (χ0n) is 4.53. The van der Waals surface area contributed by atoms with E-state index in [0.29, 0.717) is 0 Å². The van der Waals surface area contributed by atoms with Crippen molar-refractivity contribution >= 4 is 12.2 Å². The molecule has 4 nitrogen and oxygen atoms in total. The van der Waals surface area contributed by atoms with Gasteiger partial charge in [-0.05, 0) is 0 Å². The summed E-state index contributed by atoms with van der Waals surface area (Å²) in [7, 11) is 0. The van der Waals surface area contributed by atoms with Gasteiger partial charge < -0.3 is 0 Å². The maximum Gasteiger partial charge on any atom is 0.379 e. The summed E-state index contributed by atoms with van der Waals surface area (Å²) in [5, 5.41) is 10.8. The van der Waals surface area contributed by atoms with Crippen molar-refractivity contribution in [1.29, 1.82) is 10.8 Å². The van der Waals surface area contributed by atoms with Crippen LogP contribution in [0.2, 0.25) is 0 Å². The van der Waals surface area contributed by atoms with Crippen LogP contribution in [0.15, 0.2) is 0 Å². The van der Waals surface area contributed by atoms with E-state index in [9.17, 15) is 13.2 Å². The van der Waals surface area contributed by atoms with Crippen molar-refractivity contribution in [1.82, 2.24) is 0 Å². The highest BCUT2D eigenvalue weighted by Crippen LogP contribution is 1.87. The van der Waals surface area contributed by atoms with E-state index in [4.69, 9.17) is 20.4 Å². The zero-order valence-corrected chi connectivity index (χ0v) is 4.53. The second-order valence-corrected chi connectivity index (χ2v) is 0.452. The number of halogens is 3. The molecule has 7 heteroatoms. The Hall–Kier alpha value is -1.45. The minimum atomic E-state index is -3.67. The molecular formula is C3H3F3N2O2. The maximum atomic E-state index is 9.67. The molecule has 0 rings (SSSR count). The Balaban J connectivity index is -0.0000000750. The first-order valence-corrected chi connectivity index (χ1v) is 1.56. The average molecular weight is 156 g/mol. The van der Waals surface area contributed by atoms with Crippen molar-refractivity contribution in [2.24, 2.45) is 0 Å². The lowest BCUT2D eigenvalue weighted by Gasteiger charge is -1.65. The van der Waals surface area contributed by atoms with Crippen molar-refractivity contribution in [3.05, 3.63) is 0 Å². The van der Waals surface area contributed by atoms with Gasteiger partial charge in [-0.3, -0.25) is 0 Å². The van der Waals surface area contributed by atoms with E-state index in [0.717, 1.165) is 12.2 Å². The molecule has 0 amide bonds. The van der Waals surface area contributed by atoms with Crippen LogP contribution in [0.1, 0.15) is 0 Å². The van der Waals surface area contributed by atoms with Gasteiger partial charge in [-0.2, -0.15) is 13.2 Å². The van der Waals surface area contributed by atoms with Gasteiger partial charge in [-0.15, -0.1) is 0 Å². The molecule has 0 aliphatic heterocycles. The lowest BCUT2D eigenvalue weighted by Crippen LogP contribution is -1.65. The van der Waals surface area contributed by atoms with E-state index in [1.54, 1.807) is 0 Å². The van der Waals surface area contributed by atoms with E-state index < -0.39 is 6.68 Å². The molecule has 0 aromatic carbocycles. The van der Waals surface area contributed by atoms with E-state index in [1.807, 2.05) is 0 Å². The molecule has 0 saturated heterocycles. The van der Waals surface area contributed by atoms with E-state index in [1.165, 1.54) is 0 Å². The fourth-order valence-electron chi connectivity index (χ4n) is 0. The lowest BCUT2D eigenvalue weighted by atomic mass is 11.6. The van der Waals surface area contributed by atoms with Crippen LogP contribution in [0.25, 0.3) is 0 Å². The molecule has 0 atom stereocenters. The van der Waals surface area contributed by atoms with Gasteiger partial charge >= 0.3 is 6.68 Å². The van der Waals surface area contributed by atoms with Gasteiger partial charge in [0.1, 0.15) is 0 Å². The molecule has 0 aromatic rings. The summed E-state index contributed by atoms with van der Waals surface area (Å²) in [5.74, 6) is 0. The minimum absolute atomic E-state index is 0.750.